The number of aromatic nitrogens is 3. The normalized spacial score (nSPS) is 12.9. The number of nitrogens with one attached hydrogen (secondary N) is 1. The molecule has 0 fully saturated rings. The van der Waals surface area contributed by atoms with Gasteiger partial charge in [-0.15, -0.1) is 5.10 Å². The van der Waals surface area contributed by atoms with Crippen LogP contribution in [0.5, 0.6) is 5.75 Å². The molecule has 1 aliphatic rings. The van der Waals surface area contributed by atoms with E-state index in [1.807, 2.05) is 25.1 Å². The number of hydrogen-bond acceptors (Lipinski definition) is 5. The lowest BCUT2D eigenvalue weighted by Crippen LogP contribution is -2.39. The van der Waals surface area contributed by atoms with Crippen LogP contribution in [-0.4, -0.2) is 40.3 Å². The summed E-state index contributed by atoms with van der Waals surface area (Å²) in [5.74, 6) is -0.637. The summed E-state index contributed by atoms with van der Waals surface area (Å²) < 4.78 is 22.4. The highest BCUT2D eigenvalue weighted by atomic mass is 19.1. The molecule has 5 rings (SSSR count). The molecular weight excluding hydrogens is 477 g/mol. The second-order valence-corrected chi connectivity index (χ2v) is 8.71. The average Bonchev–Trinajstić information content (AvgIpc) is 3.25. The first-order chi connectivity index (χ1) is 17.8. The Kier molecular flexibility index (Phi) is 6.08. The molecule has 0 aliphatic carbocycles. The number of anilines is 2. The Morgan fingerprint density at radius 1 is 1.05 bits per heavy atom. The number of amides is 2. The summed E-state index contributed by atoms with van der Waals surface area (Å²) in [4.78, 5) is 39.2. The largest absolute Gasteiger partial charge is 0.494 e. The van der Waals surface area contributed by atoms with Gasteiger partial charge in [0.05, 0.1) is 18.5 Å². The topological polar surface area (TPSA) is 98.5 Å². The van der Waals surface area contributed by atoms with Gasteiger partial charge < -0.3 is 15.0 Å². The van der Waals surface area contributed by atoms with Crippen LogP contribution in [0.1, 0.15) is 27.2 Å². The maximum atomic E-state index is 14.5. The number of nitrogens with zero attached hydrogens (tertiary/aromatic N) is 4. The molecule has 10 heteroatoms. The van der Waals surface area contributed by atoms with Gasteiger partial charge in [-0.3, -0.25) is 19.0 Å². The van der Waals surface area contributed by atoms with Crippen LogP contribution in [0.4, 0.5) is 15.9 Å². The molecule has 1 N–H and O–H groups in total. The minimum atomic E-state index is -0.605. The van der Waals surface area contributed by atoms with E-state index in [1.165, 1.54) is 23.9 Å². The smallest absolute Gasteiger partial charge is 0.277 e. The van der Waals surface area contributed by atoms with Crippen LogP contribution in [0, 0.1) is 19.7 Å². The number of benzene rings is 2. The van der Waals surface area contributed by atoms with Gasteiger partial charge in [0.2, 0.25) is 6.41 Å². The third-order valence-corrected chi connectivity index (χ3v) is 6.48. The van der Waals surface area contributed by atoms with E-state index in [0.29, 0.717) is 41.9 Å². The van der Waals surface area contributed by atoms with Gasteiger partial charge in [0.25, 0.3) is 11.5 Å². The van der Waals surface area contributed by atoms with E-state index in [2.05, 4.69) is 10.4 Å². The molecule has 0 bridgehead atoms. The minimum absolute atomic E-state index is 0.0623. The van der Waals surface area contributed by atoms with Crippen molar-refractivity contribution in [3.63, 3.8) is 0 Å². The summed E-state index contributed by atoms with van der Waals surface area (Å²) in [6.07, 6.45) is 2.63. The quantitative estimate of drug-likeness (QED) is 0.408. The second-order valence-electron chi connectivity index (χ2n) is 8.71. The summed E-state index contributed by atoms with van der Waals surface area (Å²) >= 11 is 0. The highest BCUT2D eigenvalue weighted by molar-refractivity contribution is 6.08. The molecule has 0 spiro atoms. The van der Waals surface area contributed by atoms with E-state index in [4.69, 9.17) is 4.74 Å². The Morgan fingerprint density at radius 3 is 2.54 bits per heavy atom. The predicted molar refractivity (Wildman–Crippen MR) is 137 cm³/mol. The fraction of sp³-hybridized carbons (Fsp3) is 0.185. The maximum absolute atomic E-state index is 14.5. The summed E-state index contributed by atoms with van der Waals surface area (Å²) in [7, 11) is 1.37. The number of carbonyl (C=O) groups excluding carboxylic acids is 2. The van der Waals surface area contributed by atoms with Crippen molar-refractivity contribution in [3.8, 4) is 17.1 Å². The molecular formula is C27H24FN5O4. The third-order valence-electron chi connectivity index (χ3n) is 6.48. The maximum Gasteiger partial charge on any atom is 0.277 e. The zero-order valence-electron chi connectivity index (χ0n) is 20.5. The average molecular weight is 502 g/mol. The van der Waals surface area contributed by atoms with Crippen molar-refractivity contribution < 1.29 is 18.7 Å². The molecule has 2 amide bonds. The third kappa shape index (κ3) is 4.06. The molecule has 0 atom stereocenters. The van der Waals surface area contributed by atoms with Gasteiger partial charge in [-0.25, -0.2) is 9.07 Å². The van der Waals surface area contributed by atoms with Crippen molar-refractivity contribution in [2.75, 3.05) is 23.9 Å². The Hall–Kier alpha value is -4.73. The fourth-order valence-electron chi connectivity index (χ4n) is 4.62. The molecule has 0 saturated heterocycles. The number of rotatable bonds is 6. The van der Waals surface area contributed by atoms with E-state index in [9.17, 15) is 18.8 Å². The second kappa shape index (κ2) is 9.38. The van der Waals surface area contributed by atoms with Gasteiger partial charge in [0.1, 0.15) is 5.69 Å². The lowest BCUT2D eigenvalue weighted by molar-refractivity contribution is -0.105. The zero-order valence-corrected chi connectivity index (χ0v) is 20.5. The first-order valence-electron chi connectivity index (χ1n) is 11.6. The van der Waals surface area contributed by atoms with Crippen molar-refractivity contribution in [2.45, 2.75) is 20.3 Å². The molecule has 2 aromatic heterocycles. The summed E-state index contributed by atoms with van der Waals surface area (Å²) in [5, 5.41) is 6.95. The van der Waals surface area contributed by atoms with Crippen molar-refractivity contribution in [2.24, 2.45) is 0 Å². The molecule has 188 valence electrons. The lowest BCUT2D eigenvalue weighted by atomic mass is 10.0. The van der Waals surface area contributed by atoms with Gasteiger partial charge in [-0.05, 0) is 62.2 Å². The van der Waals surface area contributed by atoms with Gasteiger partial charge in [0, 0.05) is 35.6 Å². The van der Waals surface area contributed by atoms with E-state index < -0.39 is 5.82 Å². The molecule has 0 radical (unpaired) electrons. The van der Waals surface area contributed by atoms with E-state index in [-0.39, 0.29) is 28.7 Å². The first-order valence-corrected chi connectivity index (χ1v) is 11.6. The summed E-state index contributed by atoms with van der Waals surface area (Å²) in [6, 6.07) is 13.3. The Labute approximate surface area is 211 Å². The van der Waals surface area contributed by atoms with Gasteiger partial charge in [0.15, 0.2) is 17.4 Å². The molecule has 0 saturated carbocycles. The number of halogens is 1. The number of ether oxygens (including phenoxy) is 1. The van der Waals surface area contributed by atoms with Crippen LogP contribution in [0.25, 0.3) is 11.4 Å². The molecule has 4 aromatic rings. The van der Waals surface area contributed by atoms with Crippen LogP contribution in [0.2, 0.25) is 0 Å². The van der Waals surface area contributed by atoms with Crippen molar-refractivity contribution in [1.29, 1.82) is 0 Å². The van der Waals surface area contributed by atoms with Crippen molar-refractivity contribution in [3.05, 3.63) is 93.3 Å². The molecule has 2 aromatic carbocycles. The zero-order chi connectivity index (χ0) is 26.3. The highest BCUT2D eigenvalue weighted by Gasteiger charge is 2.33. The Bertz CT molecular complexity index is 1610. The predicted octanol–water partition coefficient (Wildman–Crippen LogP) is 3.56. The SMILES string of the molecule is COc1ccc(-n2nc(NC=O)c3c2C(=O)N(c2ccc(-n4cccc(C)c4=O)c(C)c2)CC3)cc1F. The Balaban J connectivity index is 1.56. The van der Waals surface area contributed by atoms with Crippen LogP contribution in [-0.2, 0) is 11.2 Å². The van der Waals surface area contributed by atoms with Gasteiger partial charge in [-0.1, -0.05) is 6.07 Å². The summed E-state index contributed by atoms with van der Waals surface area (Å²) in [6.45, 7) is 3.99. The van der Waals surface area contributed by atoms with E-state index in [1.54, 1.807) is 40.8 Å². The van der Waals surface area contributed by atoms with E-state index in [0.717, 1.165) is 11.3 Å². The van der Waals surface area contributed by atoms with Crippen LogP contribution >= 0.6 is 0 Å². The van der Waals surface area contributed by atoms with Crippen molar-refractivity contribution in [1.82, 2.24) is 14.3 Å². The number of methoxy groups -OCH3 is 1. The summed E-state index contributed by atoms with van der Waals surface area (Å²) in [5.41, 5.74) is 3.83. The standard InChI is InChI=1S/C27H24FN5O4/c1-16-5-4-11-32(26(16)35)22-8-6-18(13-17(22)2)31-12-10-20-24(27(31)36)33(30-25(20)29-15-34)19-7-9-23(37-3)21(28)14-19/h4-9,11,13-15H,10,12H2,1-3H3,(H,29,30,34). The molecule has 9 nitrogen and oxygen atoms in total. The molecule has 0 unspecified atom stereocenters. The monoisotopic (exact) mass is 501 g/mol. The molecule has 3 heterocycles. The number of pyridine rings is 1. The lowest BCUT2D eigenvalue weighted by Gasteiger charge is -2.28. The minimum Gasteiger partial charge on any atom is -0.494 e. The number of aryl methyl sites for hydroxylation is 2. The fourth-order valence-corrected chi connectivity index (χ4v) is 4.62. The van der Waals surface area contributed by atoms with Gasteiger partial charge >= 0.3 is 0 Å². The number of hydrogen-bond donors (Lipinski definition) is 1. The number of carbonyl (C=O) groups is 2. The molecule has 37 heavy (non-hydrogen) atoms. The molecule has 1 aliphatic heterocycles. The highest BCUT2D eigenvalue weighted by Crippen LogP contribution is 2.32. The number of fused-ring (bicyclic) bond motifs is 1. The van der Waals surface area contributed by atoms with E-state index >= 15 is 0 Å². The van der Waals surface area contributed by atoms with Crippen LogP contribution in [0.15, 0.2) is 59.5 Å². The van der Waals surface area contributed by atoms with Crippen LogP contribution in [0.3, 0.4) is 0 Å². The van der Waals surface area contributed by atoms with Gasteiger partial charge in [-0.2, -0.15) is 0 Å². The van der Waals surface area contributed by atoms with Crippen LogP contribution < -0.4 is 20.5 Å². The Morgan fingerprint density at radius 2 is 1.84 bits per heavy atom. The first kappa shape index (κ1) is 24.0. The van der Waals surface area contributed by atoms with Crippen molar-refractivity contribution >= 4 is 23.8 Å².